The fourth-order valence-corrected chi connectivity index (χ4v) is 3.13. The predicted octanol–water partition coefficient (Wildman–Crippen LogP) is 3.25. The third kappa shape index (κ3) is 3.59. The summed E-state index contributed by atoms with van der Waals surface area (Å²) in [6.07, 6.45) is 2.04. The fraction of sp³-hybridized carbons (Fsp3) is 0.500. The lowest BCUT2D eigenvalue weighted by molar-refractivity contribution is 0.245. The standard InChI is InChI=1S/C16H23NO3S/c1-12(2)20-16-7-5-6-15-14(16)8-9-17(15)10-11-21(18,19)13(3)4/h5-9,12-13H,10-11H2,1-4H3. The van der Waals surface area contributed by atoms with Crippen molar-refractivity contribution in [3.63, 3.8) is 0 Å². The third-order valence-electron chi connectivity index (χ3n) is 3.47. The highest BCUT2D eigenvalue weighted by atomic mass is 32.2. The van der Waals surface area contributed by atoms with Crippen molar-refractivity contribution in [2.45, 2.75) is 45.6 Å². The monoisotopic (exact) mass is 309 g/mol. The molecule has 1 aromatic carbocycles. The Labute approximate surface area is 126 Å². The number of fused-ring (bicyclic) bond motifs is 1. The van der Waals surface area contributed by atoms with Crippen molar-refractivity contribution in [2.24, 2.45) is 0 Å². The molecule has 0 fully saturated rings. The van der Waals surface area contributed by atoms with Gasteiger partial charge in [0.2, 0.25) is 0 Å². The van der Waals surface area contributed by atoms with E-state index >= 15 is 0 Å². The van der Waals surface area contributed by atoms with E-state index < -0.39 is 9.84 Å². The lowest BCUT2D eigenvalue weighted by atomic mass is 10.2. The molecule has 116 valence electrons. The summed E-state index contributed by atoms with van der Waals surface area (Å²) in [7, 11) is -3.02. The average molecular weight is 309 g/mol. The molecular formula is C16H23NO3S. The maximum atomic E-state index is 11.9. The minimum Gasteiger partial charge on any atom is -0.490 e. The van der Waals surface area contributed by atoms with E-state index in [-0.39, 0.29) is 17.1 Å². The van der Waals surface area contributed by atoms with E-state index in [1.165, 1.54) is 0 Å². The van der Waals surface area contributed by atoms with Crippen molar-refractivity contribution in [2.75, 3.05) is 5.75 Å². The summed E-state index contributed by atoms with van der Waals surface area (Å²) < 4.78 is 31.6. The largest absolute Gasteiger partial charge is 0.490 e. The van der Waals surface area contributed by atoms with Gasteiger partial charge in [-0.25, -0.2) is 8.42 Å². The van der Waals surface area contributed by atoms with Crippen molar-refractivity contribution in [3.8, 4) is 5.75 Å². The molecular weight excluding hydrogens is 286 g/mol. The van der Waals surface area contributed by atoms with E-state index in [0.717, 1.165) is 16.7 Å². The number of nitrogens with zero attached hydrogens (tertiary/aromatic N) is 1. The quantitative estimate of drug-likeness (QED) is 0.823. The van der Waals surface area contributed by atoms with Crippen LogP contribution in [0.3, 0.4) is 0 Å². The molecule has 0 aliphatic rings. The smallest absolute Gasteiger partial charge is 0.154 e. The van der Waals surface area contributed by atoms with Gasteiger partial charge in [-0.15, -0.1) is 0 Å². The Kier molecular flexibility index (Phi) is 4.61. The van der Waals surface area contributed by atoms with Crippen LogP contribution in [0.25, 0.3) is 10.9 Å². The van der Waals surface area contributed by atoms with Gasteiger partial charge in [-0.2, -0.15) is 0 Å². The number of sulfone groups is 1. The highest BCUT2D eigenvalue weighted by molar-refractivity contribution is 7.91. The molecule has 5 heteroatoms. The van der Waals surface area contributed by atoms with Crippen LogP contribution in [0.5, 0.6) is 5.75 Å². The second-order valence-corrected chi connectivity index (χ2v) is 8.46. The molecule has 1 heterocycles. The summed E-state index contributed by atoms with van der Waals surface area (Å²) in [6, 6.07) is 7.85. The molecule has 2 rings (SSSR count). The van der Waals surface area contributed by atoms with Crippen LogP contribution < -0.4 is 4.74 Å². The lowest BCUT2D eigenvalue weighted by Gasteiger charge is -2.12. The van der Waals surface area contributed by atoms with E-state index in [4.69, 9.17) is 4.74 Å². The minimum atomic E-state index is -3.02. The van der Waals surface area contributed by atoms with Crippen molar-refractivity contribution in [1.29, 1.82) is 0 Å². The molecule has 0 amide bonds. The van der Waals surface area contributed by atoms with Gasteiger partial charge in [0, 0.05) is 18.1 Å². The summed E-state index contributed by atoms with van der Waals surface area (Å²) >= 11 is 0. The topological polar surface area (TPSA) is 48.3 Å². The zero-order chi connectivity index (χ0) is 15.6. The second-order valence-electron chi connectivity index (χ2n) is 5.78. The Morgan fingerprint density at radius 3 is 2.48 bits per heavy atom. The highest BCUT2D eigenvalue weighted by Gasteiger charge is 2.16. The zero-order valence-corrected chi connectivity index (χ0v) is 13.9. The van der Waals surface area contributed by atoms with Crippen LogP contribution in [0.15, 0.2) is 30.5 Å². The summed E-state index contributed by atoms with van der Waals surface area (Å²) in [5.74, 6) is 0.997. The average Bonchev–Trinajstić information content (AvgIpc) is 2.80. The predicted molar refractivity (Wildman–Crippen MR) is 86.6 cm³/mol. The van der Waals surface area contributed by atoms with Crippen molar-refractivity contribution in [1.82, 2.24) is 4.57 Å². The number of hydrogen-bond acceptors (Lipinski definition) is 3. The molecule has 0 radical (unpaired) electrons. The fourth-order valence-electron chi connectivity index (χ4n) is 2.21. The minimum absolute atomic E-state index is 0.111. The number of hydrogen-bond donors (Lipinski definition) is 0. The van der Waals surface area contributed by atoms with E-state index in [0.29, 0.717) is 6.54 Å². The van der Waals surface area contributed by atoms with E-state index in [9.17, 15) is 8.42 Å². The Bertz CT molecular complexity index is 714. The molecule has 2 aromatic rings. The van der Waals surface area contributed by atoms with Crippen molar-refractivity contribution >= 4 is 20.7 Å². The van der Waals surface area contributed by atoms with Gasteiger partial charge >= 0.3 is 0 Å². The third-order valence-corrected chi connectivity index (χ3v) is 5.66. The summed E-state index contributed by atoms with van der Waals surface area (Å²) in [6.45, 7) is 7.89. The molecule has 0 aliphatic heterocycles. The van der Waals surface area contributed by atoms with Crippen LogP contribution in [0.4, 0.5) is 0 Å². The van der Waals surface area contributed by atoms with Gasteiger partial charge in [-0.3, -0.25) is 0 Å². The Hall–Kier alpha value is -1.49. The zero-order valence-electron chi connectivity index (χ0n) is 13.0. The number of aryl methyl sites for hydroxylation is 1. The number of aromatic nitrogens is 1. The number of benzene rings is 1. The van der Waals surface area contributed by atoms with Gasteiger partial charge in [0.1, 0.15) is 5.75 Å². The van der Waals surface area contributed by atoms with Crippen LogP contribution >= 0.6 is 0 Å². The molecule has 0 aliphatic carbocycles. The van der Waals surface area contributed by atoms with Crippen LogP contribution in [0, 0.1) is 0 Å². The molecule has 0 unspecified atom stereocenters. The molecule has 0 saturated carbocycles. The van der Waals surface area contributed by atoms with Crippen LogP contribution in [-0.2, 0) is 16.4 Å². The molecule has 0 spiro atoms. The molecule has 0 bridgehead atoms. The van der Waals surface area contributed by atoms with Crippen LogP contribution in [0.1, 0.15) is 27.7 Å². The molecule has 0 N–H and O–H groups in total. The first kappa shape index (κ1) is 15.9. The van der Waals surface area contributed by atoms with E-state index in [1.807, 2.05) is 48.9 Å². The summed E-state index contributed by atoms with van der Waals surface area (Å²) in [5.41, 5.74) is 1.01. The summed E-state index contributed by atoms with van der Waals surface area (Å²) in [5, 5.41) is 0.687. The SMILES string of the molecule is CC(C)Oc1cccc2c1ccn2CCS(=O)(=O)C(C)C. The van der Waals surface area contributed by atoms with E-state index in [2.05, 4.69) is 0 Å². The van der Waals surface area contributed by atoms with Crippen LogP contribution in [-0.4, -0.2) is 30.1 Å². The Morgan fingerprint density at radius 1 is 1.14 bits per heavy atom. The first-order valence-electron chi connectivity index (χ1n) is 7.27. The maximum Gasteiger partial charge on any atom is 0.154 e. The molecule has 0 saturated heterocycles. The molecule has 21 heavy (non-hydrogen) atoms. The number of rotatable bonds is 6. The summed E-state index contributed by atoms with van der Waals surface area (Å²) in [4.78, 5) is 0. The second kappa shape index (κ2) is 6.10. The number of ether oxygens (including phenoxy) is 1. The maximum absolute atomic E-state index is 11.9. The van der Waals surface area contributed by atoms with Gasteiger partial charge in [0.15, 0.2) is 9.84 Å². The van der Waals surface area contributed by atoms with E-state index in [1.54, 1.807) is 13.8 Å². The van der Waals surface area contributed by atoms with Crippen molar-refractivity contribution < 1.29 is 13.2 Å². The van der Waals surface area contributed by atoms with Gasteiger partial charge in [-0.1, -0.05) is 6.07 Å². The molecule has 4 nitrogen and oxygen atoms in total. The first-order valence-corrected chi connectivity index (χ1v) is 8.99. The molecule has 1 aromatic heterocycles. The van der Waals surface area contributed by atoms with Gasteiger partial charge in [-0.05, 0) is 45.9 Å². The highest BCUT2D eigenvalue weighted by Crippen LogP contribution is 2.27. The molecule has 0 atom stereocenters. The Balaban J connectivity index is 2.27. The first-order chi connectivity index (χ1) is 9.81. The van der Waals surface area contributed by atoms with Gasteiger partial charge in [0.05, 0.1) is 22.6 Å². The lowest BCUT2D eigenvalue weighted by Crippen LogP contribution is -2.20. The van der Waals surface area contributed by atoms with Gasteiger partial charge < -0.3 is 9.30 Å². The van der Waals surface area contributed by atoms with Gasteiger partial charge in [0.25, 0.3) is 0 Å². The normalized spacial score (nSPS) is 12.5. The Morgan fingerprint density at radius 2 is 1.86 bits per heavy atom. The van der Waals surface area contributed by atoms with Crippen molar-refractivity contribution in [3.05, 3.63) is 30.5 Å². The van der Waals surface area contributed by atoms with Crippen LogP contribution in [0.2, 0.25) is 0 Å².